The topological polar surface area (TPSA) is 128 Å². The van der Waals surface area contributed by atoms with Gasteiger partial charge < -0.3 is 23.5 Å². The van der Waals surface area contributed by atoms with Crippen molar-refractivity contribution in [2.45, 2.75) is 87.2 Å². The lowest BCUT2D eigenvalue weighted by Crippen LogP contribution is -2.26. The zero-order valence-electron chi connectivity index (χ0n) is 25.6. The minimum Gasteiger partial charge on any atom is -0.748 e. The lowest BCUT2D eigenvalue weighted by Gasteiger charge is -2.18. The molecule has 0 aliphatic rings. The van der Waals surface area contributed by atoms with Crippen molar-refractivity contribution in [3.63, 3.8) is 0 Å². The van der Waals surface area contributed by atoms with E-state index in [0.717, 1.165) is 21.1 Å². The van der Waals surface area contributed by atoms with Crippen LogP contribution >= 0.6 is 0 Å². The second-order valence-corrected chi connectivity index (χ2v) is 14.9. The lowest BCUT2D eigenvalue weighted by atomic mass is 10.2. The average Bonchev–Trinajstić information content (AvgIpc) is 2.88. The van der Waals surface area contributed by atoms with Gasteiger partial charge in [0.05, 0.1) is 21.0 Å². The van der Waals surface area contributed by atoms with Gasteiger partial charge in [0, 0.05) is 5.75 Å². The van der Waals surface area contributed by atoms with E-state index in [0.29, 0.717) is 17.9 Å². The fourth-order valence-corrected chi connectivity index (χ4v) is 6.01. The molecular formula is C32H40O9S2. The van der Waals surface area contributed by atoms with Crippen molar-refractivity contribution in [3.05, 3.63) is 78.9 Å². The molecule has 0 aromatic heterocycles. The SMILES string of the molecule is CC(C)(C)OC(=O)Oc1ccc([S+](c2ccccc2)c2ccc(OC(=O)OC(C)(C)C)cc2)cc1.CCCCS(=O)(=O)[O-]. The van der Waals surface area contributed by atoms with Crippen molar-refractivity contribution >= 4 is 33.3 Å². The number of hydrogen-bond donors (Lipinski definition) is 0. The van der Waals surface area contributed by atoms with Gasteiger partial charge in [0.1, 0.15) is 22.7 Å². The standard InChI is InChI=1S/C28H31O6S.C4H10O3S/c1-27(2,3)33-25(29)31-20-12-16-23(17-13-20)35(22-10-8-7-9-11-22)24-18-14-21(15-19-24)32-26(30)34-28(4,5)6;1-2-3-4-8(5,6)7/h7-19H,1-6H3;2-4H2,1H3,(H,5,6,7)/q+1;/p-1. The summed E-state index contributed by atoms with van der Waals surface area (Å²) in [6, 6.07) is 24.8. The third-order valence-corrected chi connectivity index (χ3v) is 8.05. The number of hydrogen-bond acceptors (Lipinski definition) is 9. The molecule has 9 nitrogen and oxygen atoms in total. The molecule has 0 saturated carbocycles. The first kappa shape index (κ1) is 35.7. The maximum Gasteiger partial charge on any atom is 0.514 e. The number of carbonyl (C=O) groups is 2. The van der Waals surface area contributed by atoms with Gasteiger partial charge in [-0.15, -0.1) is 0 Å². The van der Waals surface area contributed by atoms with Crippen LogP contribution in [0.3, 0.4) is 0 Å². The highest BCUT2D eigenvalue weighted by atomic mass is 32.2. The van der Waals surface area contributed by atoms with Crippen LogP contribution in [0.15, 0.2) is 93.5 Å². The summed E-state index contributed by atoms with van der Waals surface area (Å²) in [7, 11) is -4.37. The summed E-state index contributed by atoms with van der Waals surface area (Å²) in [6.07, 6.45) is -0.256. The molecule has 11 heteroatoms. The van der Waals surface area contributed by atoms with Crippen molar-refractivity contribution in [2.24, 2.45) is 0 Å². The highest BCUT2D eigenvalue weighted by Crippen LogP contribution is 2.33. The molecular weight excluding hydrogens is 592 g/mol. The summed E-state index contributed by atoms with van der Waals surface area (Å²) in [5, 5.41) is 0. The van der Waals surface area contributed by atoms with E-state index in [1.54, 1.807) is 65.8 Å². The normalized spacial score (nSPS) is 11.7. The Balaban J connectivity index is 0.000000708. The van der Waals surface area contributed by atoms with Crippen LogP contribution in [0.4, 0.5) is 9.59 Å². The molecule has 0 unspecified atom stereocenters. The summed E-state index contributed by atoms with van der Waals surface area (Å²) < 4.78 is 50.6. The van der Waals surface area contributed by atoms with Crippen molar-refractivity contribution in [1.82, 2.24) is 0 Å². The first-order valence-corrected chi connectivity index (χ1v) is 16.5. The van der Waals surface area contributed by atoms with Crippen LogP contribution in [0.1, 0.15) is 61.3 Å². The van der Waals surface area contributed by atoms with Gasteiger partial charge in [-0.2, -0.15) is 0 Å². The predicted octanol–water partition coefficient (Wildman–Crippen LogP) is 7.74. The van der Waals surface area contributed by atoms with Gasteiger partial charge in [0.15, 0.2) is 14.7 Å². The van der Waals surface area contributed by atoms with Crippen LogP contribution in [0.2, 0.25) is 0 Å². The third kappa shape index (κ3) is 14.5. The molecule has 0 N–H and O–H groups in total. The van der Waals surface area contributed by atoms with E-state index in [1.165, 1.54) is 0 Å². The van der Waals surface area contributed by atoms with Crippen molar-refractivity contribution in [2.75, 3.05) is 5.75 Å². The van der Waals surface area contributed by atoms with Crippen LogP contribution in [0.25, 0.3) is 0 Å². The molecule has 0 aliphatic carbocycles. The number of ether oxygens (including phenoxy) is 4. The van der Waals surface area contributed by atoms with Gasteiger partial charge in [0.2, 0.25) is 0 Å². The summed E-state index contributed by atoms with van der Waals surface area (Å²) >= 11 is 0. The van der Waals surface area contributed by atoms with Crippen LogP contribution < -0.4 is 9.47 Å². The van der Waals surface area contributed by atoms with E-state index in [2.05, 4.69) is 12.1 Å². The van der Waals surface area contributed by atoms with Crippen molar-refractivity contribution in [1.29, 1.82) is 0 Å². The molecule has 43 heavy (non-hydrogen) atoms. The van der Waals surface area contributed by atoms with E-state index >= 15 is 0 Å². The fraction of sp³-hybridized carbons (Fsp3) is 0.375. The summed E-state index contributed by atoms with van der Waals surface area (Å²) in [4.78, 5) is 27.2. The van der Waals surface area contributed by atoms with Gasteiger partial charge in [0.25, 0.3) is 0 Å². The minimum atomic E-state index is -3.94. The zero-order chi connectivity index (χ0) is 32.3. The van der Waals surface area contributed by atoms with Gasteiger partial charge in [-0.25, -0.2) is 18.0 Å². The maximum atomic E-state index is 12.0. The third-order valence-electron chi connectivity index (χ3n) is 5.03. The Kier molecular flexibility index (Phi) is 13.1. The quantitative estimate of drug-likeness (QED) is 0.106. The van der Waals surface area contributed by atoms with Gasteiger partial charge in [-0.05, 0) is 109 Å². The Morgan fingerprint density at radius 1 is 0.674 bits per heavy atom. The molecule has 0 aliphatic heterocycles. The van der Waals surface area contributed by atoms with E-state index in [1.807, 2.05) is 49.4 Å². The van der Waals surface area contributed by atoms with Crippen molar-refractivity contribution < 1.29 is 41.5 Å². The largest absolute Gasteiger partial charge is 0.748 e. The zero-order valence-corrected chi connectivity index (χ0v) is 27.3. The number of carbonyl (C=O) groups excluding carboxylic acids is 2. The maximum absolute atomic E-state index is 12.0. The summed E-state index contributed by atoms with van der Waals surface area (Å²) in [5.74, 6) is 0.588. The number of unbranched alkanes of at least 4 members (excludes halogenated alkanes) is 1. The molecule has 0 spiro atoms. The van der Waals surface area contributed by atoms with Crippen LogP contribution in [-0.2, 0) is 30.5 Å². The second kappa shape index (κ2) is 15.8. The van der Waals surface area contributed by atoms with E-state index in [9.17, 15) is 22.6 Å². The molecule has 0 heterocycles. The van der Waals surface area contributed by atoms with Gasteiger partial charge in [-0.1, -0.05) is 31.5 Å². The Bertz CT molecular complexity index is 1330. The number of rotatable bonds is 8. The van der Waals surface area contributed by atoms with Crippen LogP contribution in [-0.4, -0.2) is 42.2 Å². The molecule has 0 saturated heterocycles. The number of benzene rings is 3. The predicted molar refractivity (Wildman–Crippen MR) is 165 cm³/mol. The molecule has 0 amide bonds. The Morgan fingerprint density at radius 3 is 1.35 bits per heavy atom. The smallest absolute Gasteiger partial charge is 0.514 e. The van der Waals surface area contributed by atoms with Gasteiger partial charge in [-0.3, -0.25) is 0 Å². The van der Waals surface area contributed by atoms with Crippen LogP contribution in [0, 0.1) is 0 Å². The monoisotopic (exact) mass is 632 g/mol. The summed E-state index contributed by atoms with van der Waals surface area (Å²) in [6.45, 7) is 12.5. The van der Waals surface area contributed by atoms with E-state index in [4.69, 9.17) is 18.9 Å². The van der Waals surface area contributed by atoms with E-state index in [-0.39, 0.29) is 5.75 Å². The van der Waals surface area contributed by atoms with Crippen molar-refractivity contribution in [3.8, 4) is 11.5 Å². The second-order valence-electron chi connectivity index (χ2n) is 11.3. The van der Waals surface area contributed by atoms with E-state index < -0.39 is 44.5 Å². The lowest BCUT2D eigenvalue weighted by molar-refractivity contribution is 0.0193. The molecule has 3 rings (SSSR count). The highest BCUT2D eigenvalue weighted by molar-refractivity contribution is 7.97. The Hall–Kier alpha value is -3.54. The first-order chi connectivity index (χ1) is 20.0. The molecule has 0 bridgehead atoms. The molecule has 3 aromatic rings. The van der Waals surface area contributed by atoms with Crippen LogP contribution in [0.5, 0.6) is 11.5 Å². The minimum absolute atomic E-state index is 0.219. The highest BCUT2D eigenvalue weighted by Gasteiger charge is 2.29. The molecule has 0 radical (unpaired) electrons. The molecule has 0 atom stereocenters. The molecule has 0 fully saturated rings. The molecule has 234 valence electrons. The Labute approximate surface area is 257 Å². The molecule has 3 aromatic carbocycles. The van der Waals surface area contributed by atoms with Gasteiger partial charge >= 0.3 is 12.3 Å². The first-order valence-electron chi connectivity index (χ1n) is 13.7. The fourth-order valence-electron chi connectivity index (χ4n) is 3.31. The summed E-state index contributed by atoms with van der Waals surface area (Å²) in [5.41, 5.74) is -1.26. The Morgan fingerprint density at radius 2 is 1.05 bits per heavy atom. The average molecular weight is 633 g/mol.